The molecule has 0 aliphatic rings. The first-order chi connectivity index (χ1) is 8.99. The molecule has 0 spiro atoms. The molecule has 6 nitrogen and oxygen atoms in total. The third kappa shape index (κ3) is 3.94. The van der Waals surface area contributed by atoms with Gasteiger partial charge in [0.15, 0.2) is 0 Å². The van der Waals surface area contributed by atoms with Crippen molar-refractivity contribution < 1.29 is 19.1 Å². The van der Waals surface area contributed by atoms with Crippen LogP contribution in [0.15, 0.2) is 18.3 Å². The molecule has 0 unspecified atom stereocenters. The molecule has 0 saturated heterocycles. The van der Waals surface area contributed by atoms with Crippen LogP contribution < -0.4 is 4.90 Å². The van der Waals surface area contributed by atoms with Crippen molar-refractivity contribution in [2.75, 3.05) is 25.7 Å². The molecule has 1 aromatic rings. The molecule has 1 aromatic heterocycles. The predicted octanol–water partition coefficient (Wildman–Crippen LogP) is 1.26. The third-order valence-corrected chi connectivity index (χ3v) is 2.61. The second-order valence-electron chi connectivity index (χ2n) is 4.19. The third-order valence-electron chi connectivity index (χ3n) is 2.61. The van der Waals surface area contributed by atoms with Crippen LogP contribution in [0.3, 0.4) is 0 Å². The van der Waals surface area contributed by atoms with Crippen molar-refractivity contribution in [3.05, 3.63) is 23.9 Å². The number of hydrogen-bond donors (Lipinski definition) is 0. The maximum atomic E-state index is 11.5. The van der Waals surface area contributed by atoms with E-state index in [9.17, 15) is 9.59 Å². The fourth-order valence-electron chi connectivity index (χ4n) is 1.55. The highest BCUT2D eigenvalue weighted by atomic mass is 16.5. The molecule has 0 amide bonds. The largest absolute Gasteiger partial charge is 0.468 e. The number of anilines is 1. The van der Waals surface area contributed by atoms with Crippen molar-refractivity contribution in [2.24, 2.45) is 0 Å². The Kier molecular flexibility index (Phi) is 5.29. The molecule has 0 bridgehead atoms. The summed E-state index contributed by atoms with van der Waals surface area (Å²) in [7, 11) is 2.65. The number of carbonyl (C=O) groups is 2. The minimum Gasteiger partial charge on any atom is -0.468 e. The summed E-state index contributed by atoms with van der Waals surface area (Å²) in [6, 6.07) is 3.19. The molecule has 6 heteroatoms. The number of methoxy groups -OCH3 is 2. The SMILES string of the molecule is COC(=O)CN(c1cc(C(=O)OC)ccn1)C(C)C. The Bertz CT molecular complexity index is 460. The monoisotopic (exact) mass is 266 g/mol. The zero-order chi connectivity index (χ0) is 14.4. The molecule has 0 atom stereocenters. The van der Waals surface area contributed by atoms with Crippen molar-refractivity contribution in [1.29, 1.82) is 0 Å². The van der Waals surface area contributed by atoms with E-state index in [-0.39, 0.29) is 18.6 Å². The topological polar surface area (TPSA) is 68.7 Å². The minimum absolute atomic E-state index is 0.0412. The second-order valence-corrected chi connectivity index (χ2v) is 4.19. The molecule has 0 radical (unpaired) electrons. The summed E-state index contributed by atoms with van der Waals surface area (Å²) in [6.45, 7) is 3.93. The van der Waals surface area contributed by atoms with Gasteiger partial charge in [-0.1, -0.05) is 0 Å². The summed E-state index contributed by atoms with van der Waals surface area (Å²) >= 11 is 0. The van der Waals surface area contributed by atoms with Crippen LogP contribution in [0.2, 0.25) is 0 Å². The molecule has 0 aliphatic carbocycles. The number of pyridine rings is 1. The highest BCUT2D eigenvalue weighted by Crippen LogP contribution is 2.16. The zero-order valence-electron chi connectivity index (χ0n) is 11.5. The van der Waals surface area contributed by atoms with Crippen LogP contribution in [0, 0.1) is 0 Å². The van der Waals surface area contributed by atoms with Crippen molar-refractivity contribution in [3.63, 3.8) is 0 Å². The lowest BCUT2D eigenvalue weighted by Gasteiger charge is -2.26. The van der Waals surface area contributed by atoms with E-state index in [1.807, 2.05) is 13.8 Å². The Morgan fingerprint density at radius 2 is 2.00 bits per heavy atom. The van der Waals surface area contributed by atoms with Crippen LogP contribution >= 0.6 is 0 Å². The van der Waals surface area contributed by atoms with Gasteiger partial charge in [0, 0.05) is 12.2 Å². The number of carbonyl (C=O) groups excluding carboxylic acids is 2. The quantitative estimate of drug-likeness (QED) is 0.747. The van der Waals surface area contributed by atoms with Gasteiger partial charge in [-0.3, -0.25) is 4.79 Å². The highest BCUT2D eigenvalue weighted by Gasteiger charge is 2.18. The first-order valence-corrected chi connectivity index (χ1v) is 5.87. The molecule has 104 valence electrons. The number of ether oxygens (including phenoxy) is 2. The molecule has 0 fully saturated rings. The lowest BCUT2D eigenvalue weighted by Crippen LogP contribution is -2.37. The smallest absolute Gasteiger partial charge is 0.338 e. The summed E-state index contributed by atoms with van der Waals surface area (Å²) in [5, 5.41) is 0. The average molecular weight is 266 g/mol. The van der Waals surface area contributed by atoms with E-state index in [1.54, 1.807) is 17.0 Å². The Hall–Kier alpha value is -2.11. The maximum Gasteiger partial charge on any atom is 0.338 e. The van der Waals surface area contributed by atoms with Crippen molar-refractivity contribution in [2.45, 2.75) is 19.9 Å². The molecule has 0 N–H and O–H groups in total. The lowest BCUT2D eigenvalue weighted by molar-refractivity contribution is -0.139. The van der Waals surface area contributed by atoms with E-state index in [4.69, 9.17) is 0 Å². The first kappa shape index (κ1) is 14.9. The van der Waals surface area contributed by atoms with Gasteiger partial charge in [0.2, 0.25) is 0 Å². The van der Waals surface area contributed by atoms with Crippen LogP contribution in [0.25, 0.3) is 0 Å². The van der Waals surface area contributed by atoms with E-state index < -0.39 is 5.97 Å². The number of nitrogens with zero attached hydrogens (tertiary/aromatic N) is 2. The number of aromatic nitrogens is 1. The summed E-state index contributed by atoms with van der Waals surface area (Å²) in [6.07, 6.45) is 1.51. The summed E-state index contributed by atoms with van der Waals surface area (Å²) in [5.41, 5.74) is 0.392. The molecule has 0 aromatic carbocycles. The van der Waals surface area contributed by atoms with E-state index >= 15 is 0 Å². The van der Waals surface area contributed by atoms with Gasteiger partial charge >= 0.3 is 11.9 Å². The van der Waals surface area contributed by atoms with E-state index in [2.05, 4.69) is 14.5 Å². The van der Waals surface area contributed by atoms with Gasteiger partial charge in [-0.25, -0.2) is 9.78 Å². The standard InChI is InChI=1S/C13H18N2O4/c1-9(2)15(8-12(16)18-3)11-7-10(5-6-14-11)13(17)19-4/h5-7,9H,8H2,1-4H3. The predicted molar refractivity (Wildman–Crippen MR) is 70.1 cm³/mol. The van der Waals surface area contributed by atoms with Gasteiger partial charge in [-0.2, -0.15) is 0 Å². The van der Waals surface area contributed by atoms with Gasteiger partial charge in [0.1, 0.15) is 12.4 Å². The van der Waals surface area contributed by atoms with Gasteiger partial charge < -0.3 is 14.4 Å². The average Bonchev–Trinajstić information content (AvgIpc) is 2.43. The normalized spacial score (nSPS) is 10.2. The van der Waals surface area contributed by atoms with Crippen LogP contribution in [-0.2, 0) is 14.3 Å². The van der Waals surface area contributed by atoms with E-state index in [1.165, 1.54) is 20.4 Å². The van der Waals surface area contributed by atoms with E-state index in [0.29, 0.717) is 11.4 Å². The van der Waals surface area contributed by atoms with Crippen molar-refractivity contribution in [1.82, 2.24) is 4.98 Å². The summed E-state index contributed by atoms with van der Waals surface area (Å²) in [5.74, 6) is -0.271. The fraction of sp³-hybridized carbons (Fsp3) is 0.462. The van der Waals surface area contributed by atoms with E-state index in [0.717, 1.165) is 0 Å². The van der Waals surface area contributed by atoms with Gasteiger partial charge in [0.05, 0.1) is 19.8 Å². The molecule has 1 heterocycles. The fourth-order valence-corrected chi connectivity index (χ4v) is 1.55. The molecular formula is C13H18N2O4. The minimum atomic E-state index is -0.439. The molecular weight excluding hydrogens is 248 g/mol. The van der Waals surface area contributed by atoms with Crippen molar-refractivity contribution in [3.8, 4) is 0 Å². The Labute approximate surface area is 112 Å². The summed E-state index contributed by atoms with van der Waals surface area (Å²) in [4.78, 5) is 28.8. The Morgan fingerprint density at radius 3 is 2.53 bits per heavy atom. The van der Waals surface area contributed by atoms with Gasteiger partial charge in [-0.05, 0) is 26.0 Å². The highest BCUT2D eigenvalue weighted by molar-refractivity contribution is 5.90. The van der Waals surface area contributed by atoms with Gasteiger partial charge in [0.25, 0.3) is 0 Å². The molecule has 19 heavy (non-hydrogen) atoms. The second kappa shape index (κ2) is 6.72. The van der Waals surface area contributed by atoms with Crippen LogP contribution in [0.1, 0.15) is 24.2 Å². The van der Waals surface area contributed by atoms with Crippen LogP contribution in [0.5, 0.6) is 0 Å². The van der Waals surface area contributed by atoms with Gasteiger partial charge in [-0.15, -0.1) is 0 Å². The summed E-state index contributed by atoms with van der Waals surface area (Å²) < 4.78 is 9.31. The zero-order valence-corrected chi connectivity index (χ0v) is 11.5. The lowest BCUT2D eigenvalue weighted by atomic mass is 10.2. The van der Waals surface area contributed by atoms with Crippen molar-refractivity contribution >= 4 is 17.8 Å². The molecule has 0 saturated carbocycles. The maximum absolute atomic E-state index is 11.5. The number of rotatable bonds is 5. The van der Waals surface area contributed by atoms with Crippen LogP contribution in [0.4, 0.5) is 5.82 Å². The molecule has 0 aliphatic heterocycles. The molecule has 1 rings (SSSR count). The Balaban J connectivity index is 3.02. The number of esters is 2. The first-order valence-electron chi connectivity index (χ1n) is 5.87. The Morgan fingerprint density at radius 1 is 1.32 bits per heavy atom. The van der Waals surface area contributed by atoms with Crippen LogP contribution in [-0.4, -0.2) is 43.7 Å². The number of hydrogen-bond acceptors (Lipinski definition) is 6.